The van der Waals surface area contributed by atoms with Gasteiger partial charge < -0.3 is 15.2 Å². The Hall–Kier alpha value is -1.71. The third kappa shape index (κ3) is 3.44. The highest BCUT2D eigenvalue weighted by atomic mass is 16.5. The van der Waals surface area contributed by atoms with E-state index in [2.05, 4.69) is 6.92 Å². The third-order valence-corrected chi connectivity index (χ3v) is 3.81. The Kier molecular flexibility index (Phi) is 4.88. The molecular formula is C16H23NO3. The zero-order valence-corrected chi connectivity index (χ0v) is 12.2. The number of esters is 1. The molecule has 0 heterocycles. The van der Waals surface area contributed by atoms with Crippen LogP contribution in [0.4, 0.5) is 5.69 Å². The standard InChI is InChI=1S/C16H23NO3/c1-3-19-16(18)13-10-12(17)8-9-15(13)20-14-7-5-4-6-11(14)2/h8-11,14H,3-7,17H2,1-2H3. The van der Waals surface area contributed by atoms with Crippen LogP contribution < -0.4 is 10.5 Å². The molecule has 0 aliphatic heterocycles. The molecule has 0 amide bonds. The van der Waals surface area contributed by atoms with Crippen molar-refractivity contribution in [1.82, 2.24) is 0 Å². The van der Waals surface area contributed by atoms with Crippen molar-refractivity contribution in [2.75, 3.05) is 12.3 Å². The number of hydrogen-bond donors (Lipinski definition) is 1. The Labute approximate surface area is 120 Å². The van der Waals surface area contributed by atoms with Crippen molar-refractivity contribution in [2.24, 2.45) is 5.92 Å². The van der Waals surface area contributed by atoms with Crippen LogP contribution in [0.25, 0.3) is 0 Å². The molecule has 1 aromatic rings. The number of benzene rings is 1. The van der Waals surface area contributed by atoms with Crippen molar-refractivity contribution in [3.8, 4) is 5.75 Å². The van der Waals surface area contributed by atoms with Gasteiger partial charge in [-0.05, 0) is 50.3 Å². The second-order valence-electron chi connectivity index (χ2n) is 5.39. The van der Waals surface area contributed by atoms with E-state index in [0.29, 0.717) is 29.5 Å². The van der Waals surface area contributed by atoms with Crippen molar-refractivity contribution in [3.05, 3.63) is 23.8 Å². The summed E-state index contributed by atoms with van der Waals surface area (Å²) in [5.74, 6) is 0.714. The molecule has 4 nitrogen and oxygen atoms in total. The fraction of sp³-hybridized carbons (Fsp3) is 0.562. The van der Waals surface area contributed by atoms with Gasteiger partial charge in [0.2, 0.25) is 0 Å². The average molecular weight is 277 g/mol. The fourth-order valence-electron chi connectivity index (χ4n) is 2.64. The van der Waals surface area contributed by atoms with Crippen molar-refractivity contribution >= 4 is 11.7 Å². The summed E-state index contributed by atoms with van der Waals surface area (Å²) < 4.78 is 11.1. The molecule has 4 heteroatoms. The van der Waals surface area contributed by atoms with Crippen molar-refractivity contribution in [3.63, 3.8) is 0 Å². The summed E-state index contributed by atoms with van der Waals surface area (Å²) in [6.07, 6.45) is 4.81. The molecule has 0 aromatic heterocycles. The summed E-state index contributed by atoms with van der Waals surface area (Å²) >= 11 is 0. The van der Waals surface area contributed by atoms with E-state index >= 15 is 0 Å². The molecule has 2 unspecified atom stereocenters. The third-order valence-electron chi connectivity index (χ3n) is 3.81. The molecule has 0 bridgehead atoms. The molecule has 0 radical (unpaired) electrons. The van der Waals surface area contributed by atoms with Crippen molar-refractivity contribution in [2.45, 2.75) is 45.6 Å². The van der Waals surface area contributed by atoms with Crippen LogP contribution in [0, 0.1) is 5.92 Å². The molecule has 110 valence electrons. The van der Waals surface area contributed by atoms with Crippen LogP contribution in [0.1, 0.15) is 49.9 Å². The lowest BCUT2D eigenvalue weighted by atomic mass is 9.88. The lowest BCUT2D eigenvalue weighted by Crippen LogP contribution is -2.29. The lowest BCUT2D eigenvalue weighted by molar-refractivity contribution is 0.0509. The minimum Gasteiger partial charge on any atom is -0.489 e. The molecule has 2 rings (SSSR count). The molecule has 0 saturated heterocycles. The van der Waals surface area contributed by atoms with Gasteiger partial charge >= 0.3 is 5.97 Å². The van der Waals surface area contributed by atoms with E-state index in [4.69, 9.17) is 15.2 Å². The molecule has 2 N–H and O–H groups in total. The molecule has 2 atom stereocenters. The summed E-state index contributed by atoms with van der Waals surface area (Å²) in [5.41, 5.74) is 6.72. The number of carbonyl (C=O) groups excluding carboxylic acids is 1. The van der Waals surface area contributed by atoms with Crippen LogP contribution in [0.3, 0.4) is 0 Å². The van der Waals surface area contributed by atoms with Crippen LogP contribution in [-0.4, -0.2) is 18.7 Å². The van der Waals surface area contributed by atoms with Gasteiger partial charge in [-0.3, -0.25) is 0 Å². The largest absolute Gasteiger partial charge is 0.489 e. The maximum atomic E-state index is 12.0. The Morgan fingerprint density at radius 1 is 1.35 bits per heavy atom. The Morgan fingerprint density at radius 3 is 2.80 bits per heavy atom. The summed E-state index contributed by atoms with van der Waals surface area (Å²) in [5, 5.41) is 0. The van der Waals surface area contributed by atoms with Crippen LogP contribution in [0.2, 0.25) is 0 Å². The van der Waals surface area contributed by atoms with Gasteiger partial charge in [0.25, 0.3) is 0 Å². The average Bonchev–Trinajstić information content (AvgIpc) is 2.43. The van der Waals surface area contributed by atoms with Crippen LogP contribution in [0.5, 0.6) is 5.75 Å². The van der Waals surface area contributed by atoms with Gasteiger partial charge in [0.15, 0.2) is 0 Å². The first kappa shape index (κ1) is 14.7. The maximum absolute atomic E-state index is 12.0. The smallest absolute Gasteiger partial charge is 0.341 e. The predicted molar refractivity (Wildman–Crippen MR) is 78.9 cm³/mol. The number of ether oxygens (including phenoxy) is 2. The zero-order chi connectivity index (χ0) is 14.5. The first-order valence-electron chi connectivity index (χ1n) is 7.35. The quantitative estimate of drug-likeness (QED) is 0.676. The number of carbonyl (C=O) groups is 1. The number of hydrogen-bond acceptors (Lipinski definition) is 4. The molecule has 1 fully saturated rings. The molecule has 1 aliphatic rings. The van der Waals surface area contributed by atoms with Crippen molar-refractivity contribution < 1.29 is 14.3 Å². The number of nitrogens with two attached hydrogens (primary N) is 1. The van der Waals surface area contributed by atoms with Gasteiger partial charge in [-0.15, -0.1) is 0 Å². The first-order valence-corrected chi connectivity index (χ1v) is 7.35. The van der Waals surface area contributed by atoms with Gasteiger partial charge in [-0.25, -0.2) is 4.79 Å². The molecule has 1 aliphatic carbocycles. The van der Waals surface area contributed by atoms with Crippen LogP contribution >= 0.6 is 0 Å². The summed E-state index contributed by atoms with van der Waals surface area (Å²) in [7, 11) is 0. The molecular weight excluding hydrogens is 254 g/mol. The molecule has 1 aromatic carbocycles. The fourth-order valence-corrected chi connectivity index (χ4v) is 2.64. The molecule has 20 heavy (non-hydrogen) atoms. The van der Waals surface area contributed by atoms with Gasteiger partial charge in [-0.1, -0.05) is 13.3 Å². The van der Waals surface area contributed by atoms with Crippen LogP contribution in [0.15, 0.2) is 18.2 Å². The maximum Gasteiger partial charge on any atom is 0.341 e. The highest BCUT2D eigenvalue weighted by Crippen LogP contribution is 2.30. The van der Waals surface area contributed by atoms with Crippen LogP contribution in [-0.2, 0) is 4.74 Å². The predicted octanol–water partition coefficient (Wildman–Crippen LogP) is 3.40. The monoisotopic (exact) mass is 277 g/mol. The van der Waals surface area contributed by atoms with E-state index in [-0.39, 0.29) is 12.1 Å². The summed E-state index contributed by atoms with van der Waals surface area (Å²) in [6, 6.07) is 5.15. The number of anilines is 1. The van der Waals surface area contributed by atoms with Gasteiger partial charge in [0.1, 0.15) is 17.4 Å². The van der Waals surface area contributed by atoms with E-state index in [9.17, 15) is 4.79 Å². The van der Waals surface area contributed by atoms with E-state index in [1.807, 2.05) is 0 Å². The SMILES string of the molecule is CCOC(=O)c1cc(N)ccc1OC1CCCCC1C. The minimum atomic E-state index is -0.377. The van der Waals surface area contributed by atoms with E-state index in [1.54, 1.807) is 25.1 Å². The topological polar surface area (TPSA) is 61.5 Å². The van der Waals surface area contributed by atoms with E-state index in [0.717, 1.165) is 6.42 Å². The Balaban J connectivity index is 2.19. The Bertz CT molecular complexity index is 473. The minimum absolute atomic E-state index is 0.167. The first-order chi connectivity index (χ1) is 9.61. The summed E-state index contributed by atoms with van der Waals surface area (Å²) in [4.78, 5) is 12.0. The van der Waals surface area contributed by atoms with E-state index < -0.39 is 0 Å². The molecule has 1 saturated carbocycles. The number of nitrogen functional groups attached to an aromatic ring is 1. The Morgan fingerprint density at radius 2 is 2.10 bits per heavy atom. The second-order valence-corrected chi connectivity index (χ2v) is 5.39. The van der Waals surface area contributed by atoms with Gasteiger partial charge in [-0.2, -0.15) is 0 Å². The highest BCUT2D eigenvalue weighted by Gasteiger charge is 2.25. The summed E-state index contributed by atoms with van der Waals surface area (Å²) in [6.45, 7) is 4.33. The van der Waals surface area contributed by atoms with Gasteiger partial charge in [0.05, 0.1) is 6.61 Å². The normalized spacial score (nSPS) is 22.3. The van der Waals surface area contributed by atoms with Gasteiger partial charge in [0, 0.05) is 5.69 Å². The second kappa shape index (κ2) is 6.64. The van der Waals surface area contributed by atoms with E-state index in [1.165, 1.54) is 19.3 Å². The van der Waals surface area contributed by atoms with Crippen molar-refractivity contribution in [1.29, 1.82) is 0 Å². The zero-order valence-electron chi connectivity index (χ0n) is 12.2. The lowest BCUT2D eigenvalue weighted by Gasteiger charge is -2.29. The molecule has 0 spiro atoms. The highest BCUT2D eigenvalue weighted by molar-refractivity contribution is 5.93. The number of rotatable bonds is 4.